The second-order valence-corrected chi connectivity index (χ2v) is 7.34. The Labute approximate surface area is 170 Å². The summed E-state index contributed by atoms with van der Waals surface area (Å²) in [5.74, 6) is -2.79. The topological polar surface area (TPSA) is 59.5 Å². The Morgan fingerprint density at radius 2 is 1.79 bits per heavy atom. The van der Waals surface area contributed by atoms with E-state index >= 15 is 0 Å². The van der Waals surface area contributed by atoms with Crippen molar-refractivity contribution in [3.63, 3.8) is 0 Å². The van der Waals surface area contributed by atoms with Crippen molar-refractivity contribution < 1.29 is 23.1 Å². The van der Waals surface area contributed by atoms with Gasteiger partial charge in [-0.3, -0.25) is 9.69 Å². The van der Waals surface area contributed by atoms with Crippen molar-refractivity contribution >= 4 is 34.0 Å². The van der Waals surface area contributed by atoms with Crippen LogP contribution in [0, 0.1) is 25.5 Å². The average Bonchev–Trinajstić information content (AvgIpc) is 3.09. The highest BCUT2D eigenvalue weighted by molar-refractivity contribution is 7.14. The number of amides is 1. The van der Waals surface area contributed by atoms with E-state index in [0.29, 0.717) is 16.9 Å². The van der Waals surface area contributed by atoms with E-state index in [2.05, 4.69) is 4.98 Å². The minimum Gasteiger partial charge on any atom is -0.456 e. The summed E-state index contributed by atoms with van der Waals surface area (Å²) < 4.78 is 31.6. The van der Waals surface area contributed by atoms with Gasteiger partial charge in [-0.25, -0.2) is 18.6 Å². The molecule has 0 bridgehead atoms. The summed E-state index contributed by atoms with van der Waals surface area (Å²) in [6.07, 6.45) is 0. The van der Waals surface area contributed by atoms with E-state index in [1.165, 1.54) is 23.2 Å². The second-order valence-electron chi connectivity index (χ2n) is 6.50. The van der Waals surface area contributed by atoms with E-state index in [4.69, 9.17) is 4.74 Å². The summed E-state index contributed by atoms with van der Waals surface area (Å²) in [7, 11) is 0. The number of aromatic nitrogens is 1. The lowest BCUT2D eigenvalue weighted by Gasteiger charge is -2.20. The average molecular weight is 416 g/mol. The van der Waals surface area contributed by atoms with Gasteiger partial charge in [-0.05, 0) is 37.6 Å². The van der Waals surface area contributed by atoms with Crippen LogP contribution >= 0.6 is 11.3 Å². The van der Waals surface area contributed by atoms with Gasteiger partial charge in [-0.15, -0.1) is 11.3 Å². The zero-order valence-corrected chi connectivity index (χ0v) is 16.8. The molecule has 1 aromatic heterocycles. The first kappa shape index (κ1) is 20.6. The number of ether oxygens (including phenoxy) is 1. The molecule has 1 heterocycles. The molecule has 0 fully saturated rings. The number of esters is 1. The Balaban J connectivity index is 1.76. The highest BCUT2D eigenvalue weighted by Crippen LogP contribution is 2.32. The van der Waals surface area contributed by atoms with Gasteiger partial charge in [0.25, 0.3) is 0 Å². The molecule has 0 aliphatic heterocycles. The van der Waals surface area contributed by atoms with Crippen LogP contribution in [0.1, 0.15) is 34.1 Å². The number of anilines is 2. The van der Waals surface area contributed by atoms with Gasteiger partial charge in [-0.1, -0.05) is 17.7 Å². The van der Waals surface area contributed by atoms with E-state index in [0.717, 1.165) is 28.9 Å². The molecule has 0 atom stereocenters. The molecule has 0 saturated heterocycles. The van der Waals surface area contributed by atoms with Crippen LogP contribution in [0.2, 0.25) is 0 Å². The fourth-order valence-electron chi connectivity index (χ4n) is 2.82. The van der Waals surface area contributed by atoms with Gasteiger partial charge in [0.05, 0.1) is 16.9 Å². The largest absolute Gasteiger partial charge is 0.456 e. The number of hydrogen-bond donors (Lipinski definition) is 0. The van der Waals surface area contributed by atoms with Crippen molar-refractivity contribution in [2.45, 2.75) is 27.4 Å². The van der Waals surface area contributed by atoms with Gasteiger partial charge in [0.2, 0.25) is 5.91 Å². The molecule has 1 amide bonds. The zero-order valence-electron chi connectivity index (χ0n) is 16.0. The number of rotatable bonds is 5. The number of carbonyl (C=O) groups is 2. The first-order valence-corrected chi connectivity index (χ1v) is 9.58. The molecule has 3 aromatic rings. The third-order valence-corrected chi connectivity index (χ3v) is 4.96. The standard InChI is InChI=1S/C21H18F2N2O3S/c1-12-4-5-19(13(2)6-12)25(14(3)26)21-24-18(11-29-21)10-28-20(27)15-7-16(22)9-17(23)8-15/h4-9,11H,10H2,1-3H3. The van der Waals surface area contributed by atoms with Crippen LogP contribution < -0.4 is 4.90 Å². The monoisotopic (exact) mass is 416 g/mol. The van der Waals surface area contributed by atoms with Gasteiger partial charge in [0.15, 0.2) is 5.13 Å². The van der Waals surface area contributed by atoms with Crippen LogP contribution in [0.3, 0.4) is 0 Å². The number of halogens is 2. The first-order valence-electron chi connectivity index (χ1n) is 8.70. The van der Waals surface area contributed by atoms with Gasteiger partial charge < -0.3 is 4.74 Å². The molecule has 8 heteroatoms. The number of carbonyl (C=O) groups excluding carboxylic acids is 2. The van der Waals surface area contributed by atoms with Gasteiger partial charge in [-0.2, -0.15) is 0 Å². The summed E-state index contributed by atoms with van der Waals surface area (Å²) in [5, 5.41) is 2.10. The Kier molecular flexibility index (Phi) is 6.03. The molecule has 2 aromatic carbocycles. The number of aryl methyl sites for hydroxylation is 2. The predicted molar refractivity (Wildman–Crippen MR) is 106 cm³/mol. The highest BCUT2D eigenvalue weighted by atomic mass is 32.1. The number of hydrogen-bond acceptors (Lipinski definition) is 5. The SMILES string of the molecule is CC(=O)N(c1nc(COC(=O)c2cc(F)cc(F)c2)cs1)c1ccc(C)cc1C. The molecule has 0 spiro atoms. The van der Waals surface area contributed by atoms with Crippen molar-refractivity contribution in [1.29, 1.82) is 0 Å². The summed E-state index contributed by atoms with van der Waals surface area (Å²) in [6, 6.07) is 8.20. The molecule has 3 rings (SSSR count). The van der Waals surface area contributed by atoms with Gasteiger partial charge in [0, 0.05) is 18.4 Å². The molecule has 150 valence electrons. The molecule has 0 radical (unpaired) electrons. The molecular formula is C21H18F2N2O3S. The lowest BCUT2D eigenvalue weighted by atomic mass is 10.1. The minimum atomic E-state index is -0.865. The van der Waals surface area contributed by atoms with Crippen LogP contribution in [0.25, 0.3) is 0 Å². The van der Waals surface area contributed by atoms with Crippen LogP contribution in [0.5, 0.6) is 0 Å². The predicted octanol–water partition coefficient (Wildman–Crippen LogP) is 5.08. The Morgan fingerprint density at radius 1 is 1.10 bits per heavy atom. The van der Waals surface area contributed by atoms with Crippen molar-refractivity contribution in [3.05, 3.63) is 75.8 Å². The van der Waals surface area contributed by atoms with Gasteiger partial charge in [0.1, 0.15) is 18.2 Å². The Bertz CT molecular complexity index is 1060. The maximum absolute atomic E-state index is 13.2. The molecule has 0 aliphatic carbocycles. The normalized spacial score (nSPS) is 10.7. The van der Waals surface area contributed by atoms with E-state index in [1.807, 2.05) is 32.0 Å². The quantitative estimate of drug-likeness (QED) is 0.544. The van der Waals surface area contributed by atoms with Crippen molar-refractivity contribution in [3.8, 4) is 0 Å². The third kappa shape index (κ3) is 4.83. The Hall–Kier alpha value is -3.13. The van der Waals surface area contributed by atoms with Gasteiger partial charge >= 0.3 is 5.97 Å². The summed E-state index contributed by atoms with van der Waals surface area (Å²) in [4.78, 5) is 30.1. The molecule has 0 aliphatic rings. The van der Waals surface area contributed by atoms with Crippen molar-refractivity contribution in [2.75, 3.05) is 4.90 Å². The molecule has 29 heavy (non-hydrogen) atoms. The lowest BCUT2D eigenvalue weighted by molar-refractivity contribution is -0.115. The maximum atomic E-state index is 13.2. The highest BCUT2D eigenvalue weighted by Gasteiger charge is 2.20. The molecule has 0 saturated carbocycles. The zero-order chi connectivity index (χ0) is 21.1. The van der Waals surface area contributed by atoms with Crippen molar-refractivity contribution in [1.82, 2.24) is 4.98 Å². The fraction of sp³-hybridized carbons (Fsp3) is 0.190. The maximum Gasteiger partial charge on any atom is 0.338 e. The van der Waals surface area contributed by atoms with Crippen molar-refractivity contribution in [2.24, 2.45) is 0 Å². The number of thiazole rings is 1. The molecule has 0 N–H and O–H groups in total. The van der Waals surface area contributed by atoms with Crippen LogP contribution in [0.15, 0.2) is 41.8 Å². The number of nitrogens with zero attached hydrogens (tertiary/aromatic N) is 2. The molecular weight excluding hydrogens is 398 g/mol. The molecule has 0 unspecified atom stereocenters. The molecule has 5 nitrogen and oxygen atoms in total. The number of benzene rings is 2. The Morgan fingerprint density at radius 3 is 2.41 bits per heavy atom. The smallest absolute Gasteiger partial charge is 0.338 e. The van der Waals surface area contributed by atoms with E-state index < -0.39 is 17.6 Å². The third-order valence-electron chi connectivity index (χ3n) is 4.09. The second kappa shape index (κ2) is 8.48. The van der Waals surface area contributed by atoms with E-state index in [-0.39, 0.29) is 18.1 Å². The van der Waals surface area contributed by atoms with Crippen LogP contribution in [-0.4, -0.2) is 16.9 Å². The fourth-order valence-corrected chi connectivity index (χ4v) is 3.69. The summed E-state index contributed by atoms with van der Waals surface area (Å²) in [5.41, 5.74) is 2.92. The summed E-state index contributed by atoms with van der Waals surface area (Å²) in [6.45, 7) is 5.13. The lowest BCUT2D eigenvalue weighted by Crippen LogP contribution is -2.23. The minimum absolute atomic E-state index is 0.188. The van der Waals surface area contributed by atoms with Crippen LogP contribution in [-0.2, 0) is 16.1 Å². The first-order chi connectivity index (χ1) is 13.7. The van der Waals surface area contributed by atoms with E-state index in [1.54, 1.807) is 5.38 Å². The van der Waals surface area contributed by atoms with E-state index in [9.17, 15) is 18.4 Å². The van der Waals surface area contributed by atoms with Crippen LogP contribution in [0.4, 0.5) is 19.6 Å². The summed E-state index contributed by atoms with van der Waals surface area (Å²) >= 11 is 1.23.